The fourth-order valence-electron chi connectivity index (χ4n) is 1.26. The zero-order valence-corrected chi connectivity index (χ0v) is 6.60. The lowest BCUT2D eigenvalue weighted by Crippen LogP contribution is -1.93. The van der Waals surface area contributed by atoms with Gasteiger partial charge in [0.15, 0.2) is 11.5 Å². The lowest BCUT2D eigenvalue weighted by atomic mass is 10.4. The van der Waals surface area contributed by atoms with Crippen LogP contribution in [0.1, 0.15) is 0 Å². The molecule has 2 aliphatic rings. The third-order valence-electron chi connectivity index (χ3n) is 1.85. The molecular formula is C8H5N5. The van der Waals surface area contributed by atoms with Crippen LogP contribution in [0.2, 0.25) is 0 Å². The molecule has 5 nitrogen and oxygen atoms in total. The zero-order valence-electron chi connectivity index (χ0n) is 6.60. The van der Waals surface area contributed by atoms with Crippen LogP contribution < -0.4 is 0 Å². The molecule has 1 aromatic heterocycles. The summed E-state index contributed by atoms with van der Waals surface area (Å²) < 4.78 is 0. The molecule has 0 aliphatic carbocycles. The van der Waals surface area contributed by atoms with Crippen molar-refractivity contribution in [2.75, 3.05) is 0 Å². The van der Waals surface area contributed by atoms with Gasteiger partial charge in [-0.2, -0.15) is 0 Å². The van der Waals surface area contributed by atoms with Gasteiger partial charge in [0.1, 0.15) is 17.5 Å². The van der Waals surface area contributed by atoms with Crippen LogP contribution >= 0.6 is 0 Å². The van der Waals surface area contributed by atoms with E-state index < -0.39 is 0 Å². The standard InChI is InChI=1S/C8H5N5/c1-2-10-7-5(1)12-8-6(13-7)3-9-4-11-8/h1-4H,(H,10,13). The summed E-state index contributed by atoms with van der Waals surface area (Å²) in [5.41, 5.74) is 2.29. The van der Waals surface area contributed by atoms with E-state index in [0.717, 1.165) is 17.0 Å². The first-order valence-electron chi connectivity index (χ1n) is 3.84. The number of rotatable bonds is 0. The molecule has 0 aromatic carbocycles. The highest BCUT2D eigenvalue weighted by Crippen LogP contribution is 2.16. The van der Waals surface area contributed by atoms with Gasteiger partial charge in [-0.15, -0.1) is 0 Å². The Morgan fingerprint density at radius 1 is 1.23 bits per heavy atom. The molecule has 2 aliphatic heterocycles. The van der Waals surface area contributed by atoms with Gasteiger partial charge in [-0.1, -0.05) is 0 Å². The molecule has 3 heterocycles. The van der Waals surface area contributed by atoms with Crippen molar-refractivity contribution in [3.63, 3.8) is 0 Å². The summed E-state index contributed by atoms with van der Waals surface area (Å²) in [6.45, 7) is 0. The van der Waals surface area contributed by atoms with E-state index in [1.807, 2.05) is 6.07 Å². The Bertz CT molecular complexity index is 482. The average Bonchev–Trinajstić information content (AvgIpc) is 2.61. The molecule has 1 aromatic rings. The van der Waals surface area contributed by atoms with Gasteiger partial charge in [-0.3, -0.25) is 0 Å². The number of nitrogens with one attached hydrogen (secondary N) is 1. The lowest BCUT2D eigenvalue weighted by Gasteiger charge is -1.99. The summed E-state index contributed by atoms with van der Waals surface area (Å²) in [6.07, 6.45) is 4.87. The quantitative estimate of drug-likeness (QED) is 0.544. The van der Waals surface area contributed by atoms with E-state index in [-0.39, 0.29) is 0 Å². The molecule has 3 rings (SSSR count). The number of hydrogen-bond donors (Lipinski definition) is 1. The van der Waals surface area contributed by atoms with Crippen LogP contribution in [0.3, 0.4) is 0 Å². The van der Waals surface area contributed by atoms with Crippen LogP contribution in [0.15, 0.2) is 24.8 Å². The maximum atomic E-state index is 4.29. The summed E-state index contributed by atoms with van der Waals surface area (Å²) in [5, 5.41) is 0. The summed E-state index contributed by atoms with van der Waals surface area (Å²) in [7, 11) is 0. The molecule has 1 N–H and O–H groups in total. The van der Waals surface area contributed by atoms with E-state index in [0.29, 0.717) is 5.65 Å². The predicted octanol–water partition coefficient (Wildman–Crippen LogP) is 0.853. The number of aromatic nitrogens is 5. The summed E-state index contributed by atoms with van der Waals surface area (Å²) in [6, 6.07) is 1.84. The predicted molar refractivity (Wildman–Crippen MR) is 46.1 cm³/mol. The van der Waals surface area contributed by atoms with E-state index in [2.05, 4.69) is 24.9 Å². The second kappa shape index (κ2) is 2.22. The third kappa shape index (κ3) is 0.868. The third-order valence-corrected chi connectivity index (χ3v) is 1.85. The first-order chi connectivity index (χ1) is 6.43. The SMILES string of the molecule is c1cc2nc3ncncc3[nH]c-2n1. The van der Waals surface area contributed by atoms with Gasteiger partial charge in [0, 0.05) is 6.20 Å². The Hall–Kier alpha value is -2.04. The van der Waals surface area contributed by atoms with Crippen LogP contribution in [-0.2, 0) is 0 Å². The zero-order chi connectivity index (χ0) is 8.67. The number of fused-ring (bicyclic) bond motifs is 2. The van der Waals surface area contributed by atoms with Crippen molar-refractivity contribution in [1.82, 2.24) is 24.9 Å². The van der Waals surface area contributed by atoms with Crippen molar-refractivity contribution in [3.05, 3.63) is 24.8 Å². The Kier molecular flexibility index (Phi) is 1.11. The second-order valence-electron chi connectivity index (χ2n) is 2.68. The second-order valence-corrected chi connectivity index (χ2v) is 2.68. The van der Waals surface area contributed by atoms with Gasteiger partial charge in [0.2, 0.25) is 0 Å². The molecule has 0 saturated carbocycles. The van der Waals surface area contributed by atoms with Crippen LogP contribution in [0.4, 0.5) is 0 Å². The lowest BCUT2D eigenvalue weighted by molar-refractivity contribution is 1.13. The van der Waals surface area contributed by atoms with Gasteiger partial charge in [-0.05, 0) is 6.07 Å². The minimum Gasteiger partial charge on any atom is -0.334 e. The van der Waals surface area contributed by atoms with Crippen molar-refractivity contribution in [2.45, 2.75) is 0 Å². The normalized spacial score (nSPS) is 11.1. The minimum atomic E-state index is 0.663. The van der Waals surface area contributed by atoms with E-state index in [4.69, 9.17) is 0 Å². The summed E-state index contributed by atoms with van der Waals surface area (Å²) in [5.74, 6) is 0.766. The molecule has 0 bridgehead atoms. The summed E-state index contributed by atoms with van der Waals surface area (Å²) >= 11 is 0. The Labute approximate surface area is 73.2 Å². The van der Waals surface area contributed by atoms with E-state index in [1.165, 1.54) is 6.33 Å². The van der Waals surface area contributed by atoms with Crippen LogP contribution in [0, 0.1) is 0 Å². The Morgan fingerprint density at radius 3 is 3.23 bits per heavy atom. The average molecular weight is 171 g/mol. The molecule has 13 heavy (non-hydrogen) atoms. The van der Waals surface area contributed by atoms with Gasteiger partial charge in [0.05, 0.1) is 6.20 Å². The molecule has 62 valence electrons. The van der Waals surface area contributed by atoms with Gasteiger partial charge in [0.25, 0.3) is 0 Å². The first-order valence-corrected chi connectivity index (χ1v) is 3.84. The number of H-pyrrole nitrogens is 1. The van der Waals surface area contributed by atoms with Gasteiger partial charge < -0.3 is 4.98 Å². The number of aromatic amines is 1. The molecule has 0 atom stereocenters. The molecule has 0 unspecified atom stereocenters. The molecule has 5 heteroatoms. The molecule has 0 fully saturated rings. The maximum Gasteiger partial charge on any atom is 0.179 e. The fraction of sp³-hybridized carbons (Fsp3) is 0. The van der Waals surface area contributed by atoms with Crippen molar-refractivity contribution in [2.24, 2.45) is 0 Å². The monoisotopic (exact) mass is 171 g/mol. The maximum absolute atomic E-state index is 4.29. The largest absolute Gasteiger partial charge is 0.334 e. The van der Waals surface area contributed by atoms with Crippen molar-refractivity contribution < 1.29 is 0 Å². The highest BCUT2D eigenvalue weighted by Gasteiger charge is 2.07. The van der Waals surface area contributed by atoms with Crippen LogP contribution in [-0.4, -0.2) is 24.9 Å². The highest BCUT2D eigenvalue weighted by atomic mass is 15.0. The first kappa shape index (κ1) is 6.47. The smallest absolute Gasteiger partial charge is 0.179 e. The van der Waals surface area contributed by atoms with E-state index in [1.54, 1.807) is 12.4 Å². The van der Waals surface area contributed by atoms with Gasteiger partial charge in [-0.25, -0.2) is 19.9 Å². The van der Waals surface area contributed by atoms with Crippen molar-refractivity contribution in [1.29, 1.82) is 0 Å². The van der Waals surface area contributed by atoms with Crippen LogP contribution in [0.25, 0.3) is 22.7 Å². The minimum absolute atomic E-state index is 0.663. The fourth-order valence-corrected chi connectivity index (χ4v) is 1.26. The number of nitrogens with zero attached hydrogens (tertiary/aromatic N) is 4. The summed E-state index contributed by atoms with van der Waals surface area (Å²) in [4.78, 5) is 19.4. The highest BCUT2D eigenvalue weighted by molar-refractivity contribution is 5.73. The number of hydrogen-bond acceptors (Lipinski definition) is 4. The van der Waals surface area contributed by atoms with E-state index >= 15 is 0 Å². The molecular weight excluding hydrogens is 166 g/mol. The Balaban J connectivity index is 2.52. The molecule has 0 saturated heterocycles. The van der Waals surface area contributed by atoms with Crippen molar-refractivity contribution >= 4 is 11.2 Å². The van der Waals surface area contributed by atoms with E-state index in [9.17, 15) is 0 Å². The molecule has 0 spiro atoms. The topological polar surface area (TPSA) is 67.3 Å². The van der Waals surface area contributed by atoms with Crippen molar-refractivity contribution in [3.8, 4) is 11.5 Å². The van der Waals surface area contributed by atoms with Crippen LogP contribution in [0.5, 0.6) is 0 Å². The van der Waals surface area contributed by atoms with Gasteiger partial charge >= 0.3 is 0 Å². The Morgan fingerprint density at radius 2 is 2.23 bits per heavy atom. The molecule has 0 amide bonds. The molecule has 0 radical (unpaired) electrons.